The molecule has 0 aromatic heterocycles. The van der Waals surface area contributed by atoms with E-state index in [4.69, 9.17) is 5.73 Å². The first-order valence-corrected chi connectivity index (χ1v) is 5.56. The second kappa shape index (κ2) is 4.66. The number of allylic oxidation sites excluding steroid dienone is 2. The van der Waals surface area contributed by atoms with E-state index in [1.807, 2.05) is 0 Å². The molecule has 0 aliphatic heterocycles. The summed E-state index contributed by atoms with van der Waals surface area (Å²) >= 11 is 0. The SMILES string of the molecule is NC1(c2ccccc2[N+](=O)[O-])C=CC=C(C(=O)[O-])C1. The van der Waals surface area contributed by atoms with Gasteiger partial charge in [0.25, 0.3) is 5.69 Å². The highest BCUT2D eigenvalue weighted by Gasteiger charge is 2.33. The molecule has 0 saturated heterocycles. The fourth-order valence-corrected chi connectivity index (χ4v) is 2.12. The molecule has 1 atom stereocenters. The Bertz CT molecular complexity index is 606. The van der Waals surface area contributed by atoms with Gasteiger partial charge in [0.15, 0.2) is 0 Å². The number of nitro benzene ring substituents is 1. The maximum atomic E-state index is 11.0. The topological polar surface area (TPSA) is 109 Å². The molecule has 1 unspecified atom stereocenters. The summed E-state index contributed by atoms with van der Waals surface area (Å²) in [6.07, 6.45) is 4.37. The summed E-state index contributed by atoms with van der Waals surface area (Å²) in [4.78, 5) is 21.4. The van der Waals surface area contributed by atoms with Crippen LogP contribution in [0.15, 0.2) is 48.1 Å². The molecule has 2 rings (SSSR count). The predicted octanol–water partition coefficient (Wildman–Crippen LogP) is 0.385. The van der Waals surface area contributed by atoms with E-state index in [0.717, 1.165) is 0 Å². The highest BCUT2D eigenvalue weighted by Crippen LogP contribution is 2.35. The summed E-state index contributed by atoms with van der Waals surface area (Å²) in [5, 5.41) is 21.9. The zero-order chi connectivity index (χ0) is 14.0. The van der Waals surface area contributed by atoms with Gasteiger partial charge in [-0.05, 0) is 11.6 Å². The number of nitrogens with zero attached hydrogens (tertiary/aromatic N) is 1. The average Bonchev–Trinajstić information content (AvgIpc) is 2.38. The van der Waals surface area contributed by atoms with E-state index in [1.165, 1.54) is 30.4 Å². The Morgan fingerprint density at radius 2 is 2.05 bits per heavy atom. The smallest absolute Gasteiger partial charge is 0.274 e. The Kier molecular flexibility index (Phi) is 3.18. The van der Waals surface area contributed by atoms with E-state index in [1.54, 1.807) is 12.1 Å². The molecule has 0 radical (unpaired) electrons. The molecule has 0 bridgehead atoms. The summed E-state index contributed by atoms with van der Waals surface area (Å²) in [5.41, 5.74) is 5.08. The van der Waals surface area contributed by atoms with E-state index >= 15 is 0 Å². The number of carbonyl (C=O) groups is 1. The largest absolute Gasteiger partial charge is 0.545 e. The van der Waals surface area contributed by atoms with Gasteiger partial charge in [-0.2, -0.15) is 0 Å². The van der Waals surface area contributed by atoms with Crippen molar-refractivity contribution in [1.29, 1.82) is 0 Å². The lowest BCUT2D eigenvalue weighted by molar-refractivity contribution is -0.386. The third-order valence-corrected chi connectivity index (χ3v) is 3.04. The van der Waals surface area contributed by atoms with Crippen LogP contribution in [0.4, 0.5) is 5.69 Å². The Hall–Kier alpha value is -2.47. The summed E-state index contributed by atoms with van der Waals surface area (Å²) < 4.78 is 0. The van der Waals surface area contributed by atoms with E-state index in [9.17, 15) is 20.0 Å². The minimum absolute atomic E-state index is 0.0168. The highest BCUT2D eigenvalue weighted by atomic mass is 16.6. The first kappa shape index (κ1) is 13.0. The minimum Gasteiger partial charge on any atom is -0.545 e. The van der Waals surface area contributed by atoms with E-state index in [2.05, 4.69) is 0 Å². The fourth-order valence-electron chi connectivity index (χ4n) is 2.12. The van der Waals surface area contributed by atoms with Crippen LogP contribution in [0.2, 0.25) is 0 Å². The van der Waals surface area contributed by atoms with Gasteiger partial charge < -0.3 is 15.6 Å². The summed E-state index contributed by atoms with van der Waals surface area (Å²) in [6.45, 7) is 0. The van der Waals surface area contributed by atoms with Crippen LogP contribution in [0.1, 0.15) is 12.0 Å². The van der Waals surface area contributed by atoms with Gasteiger partial charge in [0.2, 0.25) is 0 Å². The summed E-state index contributed by atoms with van der Waals surface area (Å²) in [6, 6.07) is 6.03. The lowest BCUT2D eigenvalue weighted by Gasteiger charge is -2.30. The molecule has 1 aliphatic rings. The van der Waals surface area contributed by atoms with Crippen LogP contribution >= 0.6 is 0 Å². The Morgan fingerprint density at radius 3 is 2.68 bits per heavy atom. The van der Waals surface area contributed by atoms with Gasteiger partial charge in [0.1, 0.15) is 0 Å². The molecule has 19 heavy (non-hydrogen) atoms. The van der Waals surface area contributed by atoms with Gasteiger partial charge in [-0.1, -0.05) is 30.4 Å². The zero-order valence-electron chi connectivity index (χ0n) is 9.91. The van der Waals surface area contributed by atoms with E-state index < -0.39 is 16.4 Å². The molecular formula is C13H11N2O4-. The number of para-hydroxylation sites is 1. The second-order valence-corrected chi connectivity index (χ2v) is 4.33. The summed E-state index contributed by atoms with van der Waals surface area (Å²) in [7, 11) is 0. The molecule has 1 aromatic rings. The van der Waals surface area contributed by atoms with Gasteiger partial charge >= 0.3 is 0 Å². The van der Waals surface area contributed by atoms with Crippen LogP contribution in [-0.2, 0) is 10.3 Å². The van der Waals surface area contributed by atoms with Crippen molar-refractivity contribution in [3.63, 3.8) is 0 Å². The van der Waals surface area contributed by atoms with Gasteiger partial charge in [0.05, 0.1) is 22.0 Å². The Labute approximate surface area is 109 Å². The van der Waals surface area contributed by atoms with Crippen molar-refractivity contribution >= 4 is 11.7 Å². The number of carbonyl (C=O) groups excluding carboxylic acids is 1. The third-order valence-electron chi connectivity index (χ3n) is 3.04. The van der Waals surface area contributed by atoms with Crippen LogP contribution in [0.3, 0.4) is 0 Å². The number of aliphatic carboxylic acids is 1. The van der Waals surface area contributed by atoms with Crippen LogP contribution in [0.5, 0.6) is 0 Å². The molecule has 0 spiro atoms. The standard InChI is InChI=1S/C13H12N2O4/c14-13(7-3-4-9(8-13)12(16)17)10-5-1-2-6-11(10)15(18)19/h1-7H,8,14H2,(H,16,17)/p-1. The van der Waals surface area contributed by atoms with Crippen molar-refractivity contribution < 1.29 is 14.8 Å². The Morgan fingerprint density at radius 1 is 1.37 bits per heavy atom. The van der Waals surface area contributed by atoms with E-state index in [-0.39, 0.29) is 23.2 Å². The normalized spacial score (nSPS) is 21.8. The molecule has 0 saturated carbocycles. The van der Waals surface area contributed by atoms with Crippen LogP contribution in [0.25, 0.3) is 0 Å². The van der Waals surface area contributed by atoms with Crippen LogP contribution in [0, 0.1) is 10.1 Å². The molecule has 1 aromatic carbocycles. The molecule has 1 aliphatic carbocycles. The third kappa shape index (κ3) is 2.38. The molecule has 98 valence electrons. The van der Waals surface area contributed by atoms with Gasteiger partial charge in [-0.15, -0.1) is 0 Å². The Balaban J connectivity index is 2.48. The van der Waals surface area contributed by atoms with Crippen LogP contribution in [-0.4, -0.2) is 10.9 Å². The number of hydrogen-bond donors (Lipinski definition) is 1. The maximum Gasteiger partial charge on any atom is 0.274 e. The highest BCUT2D eigenvalue weighted by molar-refractivity contribution is 5.86. The number of carboxylic acids is 1. The average molecular weight is 259 g/mol. The lowest BCUT2D eigenvalue weighted by atomic mass is 9.80. The number of carboxylic acid groups (broad SMARTS) is 1. The van der Waals surface area contributed by atoms with Crippen molar-refractivity contribution in [2.45, 2.75) is 12.0 Å². The molecule has 6 heteroatoms. The zero-order valence-corrected chi connectivity index (χ0v) is 9.91. The quantitative estimate of drug-likeness (QED) is 0.623. The van der Waals surface area contributed by atoms with Crippen LogP contribution < -0.4 is 10.8 Å². The van der Waals surface area contributed by atoms with Crippen molar-refractivity contribution in [3.8, 4) is 0 Å². The lowest BCUT2D eigenvalue weighted by Crippen LogP contribution is -2.39. The molecule has 6 nitrogen and oxygen atoms in total. The van der Waals surface area contributed by atoms with E-state index in [0.29, 0.717) is 0 Å². The van der Waals surface area contributed by atoms with Crippen molar-refractivity contribution in [3.05, 3.63) is 63.7 Å². The van der Waals surface area contributed by atoms with Crippen molar-refractivity contribution in [2.75, 3.05) is 0 Å². The number of hydrogen-bond acceptors (Lipinski definition) is 5. The van der Waals surface area contributed by atoms with Crippen molar-refractivity contribution in [2.24, 2.45) is 5.73 Å². The molecule has 2 N–H and O–H groups in total. The minimum atomic E-state index is -1.32. The first-order valence-electron chi connectivity index (χ1n) is 5.56. The van der Waals surface area contributed by atoms with Gasteiger partial charge in [-0.25, -0.2) is 0 Å². The van der Waals surface area contributed by atoms with Gasteiger partial charge in [0, 0.05) is 12.5 Å². The predicted molar refractivity (Wildman–Crippen MR) is 65.8 cm³/mol. The number of nitrogens with two attached hydrogens (primary N) is 1. The van der Waals surface area contributed by atoms with Crippen molar-refractivity contribution in [1.82, 2.24) is 0 Å². The van der Waals surface area contributed by atoms with Gasteiger partial charge in [-0.3, -0.25) is 10.1 Å². The molecular weight excluding hydrogens is 248 g/mol. The maximum absolute atomic E-state index is 11.0. The number of rotatable bonds is 3. The molecule has 0 fully saturated rings. The molecule has 0 heterocycles. The number of benzene rings is 1. The monoisotopic (exact) mass is 259 g/mol. The molecule has 0 amide bonds. The second-order valence-electron chi connectivity index (χ2n) is 4.33. The summed E-state index contributed by atoms with van der Waals surface area (Å²) in [5.74, 6) is -1.32. The fraction of sp³-hybridized carbons (Fsp3) is 0.154. The first-order chi connectivity index (χ1) is 8.94. The number of nitro groups is 1.